The van der Waals surface area contributed by atoms with Crippen LogP contribution in [-0.2, 0) is 14.3 Å². The third kappa shape index (κ3) is 5.81. The van der Waals surface area contributed by atoms with Gasteiger partial charge in [-0.05, 0) is 36.0 Å². The van der Waals surface area contributed by atoms with Crippen molar-refractivity contribution in [1.29, 1.82) is 0 Å². The second-order valence-corrected chi connectivity index (χ2v) is 12.0. The Morgan fingerprint density at radius 2 is 1.52 bits per heavy atom. The van der Waals surface area contributed by atoms with E-state index in [1.165, 1.54) is 16.7 Å². The molecule has 2 amide bonds. The average Bonchev–Trinajstić information content (AvgIpc) is 3.58. The van der Waals surface area contributed by atoms with Crippen molar-refractivity contribution in [3.8, 4) is 0 Å². The largest absolute Gasteiger partial charge is 0.445 e. The number of rotatable bonds is 10. The summed E-state index contributed by atoms with van der Waals surface area (Å²) in [6, 6.07) is 31.2. The molecule has 208 valence electrons. The molecule has 2 fully saturated rings. The molecule has 7 heteroatoms. The van der Waals surface area contributed by atoms with Crippen LogP contribution in [0.2, 0.25) is 0 Å². The summed E-state index contributed by atoms with van der Waals surface area (Å²) in [4.78, 5) is 27.7. The van der Waals surface area contributed by atoms with Crippen molar-refractivity contribution < 1.29 is 19.4 Å². The lowest BCUT2D eigenvalue weighted by Crippen LogP contribution is -2.38. The molecule has 2 N–H and O–H groups in total. The zero-order valence-electron chi connectivity index (χ0n) is 22.5. The lowest BCUT2D eigenvalue weighted by Gasteiger charge is -2.37. The van der Waals surface area contributed by atoms with E-state index in [-0.39, 0.29) is 48.5 Å². The lowest BCUT2D eigenvalue weighted by molar-refractivity contribution is -0.123. The zero-order chi connectivity index (χ0) is 28.0. The van der Waals surface area contributed by atoms with Gasteiger partial charge in [-0.15, -0.1) is 11.8 Å². The maximum Gasteiger partial charge on any atom is 0.410 e. The van der Waals surface area contributed by atoms with Crippen LogP contribution in [0.1, 0.15) is 36.0 Å². The first-order valence-electron chi connectivity index (χ1n) is 13.8. The number of nitrogens with one attached hydrogen (secondary N) is 1. The fourth-order valence-electron chi connectivity index (χ4n) is 6.07. The SMILES string of the molecule is C=CCOC(=O)N1C[C@@H](SC(c2ccccc2)(c2ccccc2)c2ccccc2)C[C@H]1CC1C[C@@H](CO)NC1=O. The van der Waals surface area contributed by atoms with Gasteiger partial charge < -0.3 is 20.1 Å². The Kier molecular flexibility index (Phi) is 8.92. The molecule has 0 bridgehead atoms. The highest BCUT2D eigenvalue weighted by Crippen LogP contribution is 2.52. The van der Waals surface area contributed by atoms with Crippen molar-refractivity contribution in [1.82, 2.24) is 10.2 Å². The standard InChI is InChI=1S/C33H36N2O4S/c1-2-18-39-32(38)35-22-30(21-29(35)20-24-19-28(23-36)34-31(24)37)40-33(25-12-6-3-7-13-25,26-14-8-4-9-15-26)27-16-10-5-11-17-27/h2-17,24,28-30,36H,1,18-23H2,(H,34,37)/t24?,28-,29+,30-/m0/s1. The third-order valence-electron chi connectivity index (χ3n) is 7.88. The van der Waals surface area contributed by atoms with Gasteiger partial charge in [-0.2, -0.15) is 0 Å². The molecule has 1 unspecified atom stereocenters. The molecule has 3 aromatic rings. The summed E-state index contributed by atoms with van der Waals surface area (Å²) in [5.41, 5.74) is 3.51. The van der Waals surface area contributed by atoms with Gasteiger partial charge in [0.05, 0.1) is 17.4 Å². The molecule has 2 saturated heterocycles. The van der Waals surface area contributed by atoms with E-state index in [4.69, 9.17) is 4.74 Å². The average molecular weight is 557 g/mol. The van der Waals surface area contributed by atoms with Gasteiger partial charge in [0, 0.05) is 23.8 Å². The molecule has 2 heterocycles. The van der Waals surface area contributed by atoms with E-state index in [0.717, 1.165) is 6.42 Å². The van der Waals surface area contributed by atoms with Gasteiger partial charge in [0.1, 0.15) is 6.61 Å². The van der Waals surface area contributed by atoms with Crippen LogP contribution < -0.4 is 5.32 Å². The quantitative estimate of drug-likeness (QED) is 0.260. The highest BCUT2D eigenvalue weighted by Gasteiger charge is 2.46. The number of ether oxygens (including phenoxy) is 1. The third-order valence-corrected chi connectivity index (χ3v) is 9.62. The smallest absolute Gasteiger partial charge is 0.410 e. The minimum absolute atomic E-state index is 0.0539. The topological polar surface area (TPSA) is 78.9 Å². The molecule has 40 heavy (non-hydrogen) atoms. The number of aliphatic hydroxyl groups is 1. The number of hydrogen-bond donors (Lipinski definition) is 2. The van der Waals surface area contributed by atoms with Gasteiger partial charge in [-0.25, -0.2) is 4.79 Å². The molecule has 5 rings (SSSR count). The van der Waals surface area contributed by atoms with Gasteiger partial charge >= 0.3 is 6.09 Å². The molecule has 2 aliphatic heterocycles. The van der Waals surface area contributed by atoms with Crippen molar-refractivity contribution in [2.75, 3.05) is 19.8 Å². The maximum atomic E-state index is 13.2. The van der Waals surface area contributed by atoms with Crippen LogP contribution in [0.15, 0.2) is 104 Å². The first-order valence-corrected chi connectivity index (χ1v) is 14.7. The minimum atomic E-state index is -0.507. The molecule has 3 aromatic carbocycles. The van der Waals surface area contributed by atoms with E-state index in [9.17, 15) is 14.7 Å². The van der Waals surface area contributed by atoms with Crippen molar-refractivity contribution in [2.24, 2.45) is 5.92 Å². The Morgan fingerprint density at radius 3 is 2.00 bits per heavy atom. The molecule has 0 radical (unpaired) electrons. The van der Waals surface area contributed by atoms with Crippen LogP contribution in [0, 0.1) is 5.92 Å². The van der Waals surface area contributed by atoms with Gasteiger partial charge in [-0.1, -0.05) is 104 Å². The second kappa shape index (κ2) is 12.7. The molecular weight excluding hydrogens is 520 g/mol. The van der Waals surface area contributed by atoms with Gasteiger partial charge in [0.2, 0.25) is 5.91 Å². The number of likely N-dealkylation sites (tertiary alicyclic amines) is 1. The second-order valence-electron chi connectivity index (χ2n) is 10.5. The number of thioether (sulfide) groups is 1. The Bertz CT molecular complexity index is 1190. The van der Waals surface area contributed by atoms with E-state index < -0.39 is 4.75 Å². The number of benzene rings is 3. The van der Waals surface area contributed by atoms with E-state index in [1.54, 1.807) is 11.0 Å². The Balaban J connectivity index is 1.51. The van der Waals surface area contributed by atoms with Crippen LogP contribution in [0.5, 0.6) is 0 Å². The summed E-state index contributed by atoms with van der Waals surface area (Å²) in [5, 5.41) is 12.5. The van der Waals surface area contributed by atoms with E-state index in [1.807, 2.05) is 30.0 Å². The Hall–Kier alpha value is -3.55. The van der Waals surface area contributed by atoms with Gasteiger partial charge in [0.25, 0.3) is 0 Å². The lowest BCUT2D eigenvalue weighted by atomic mass is 9.84. The molecule has 0 aliphatic carbocycles. The predicted molar refractivity (Wildman–Crippen MR) is 159 cm³/mol. The summed E-state index contributed by atoms with van der Waals surface area (Å²) >= 11 is 1.86. The van der Waals surface area contributed by atoms with Crippen molar-refractivity contribution in [3.63, 3.8) is 0 Å². The highest BCUT2D eigenvalue weighted by molar-refractivity contribution is 8.01. The highest BCUT2D eigenvalue weighted by atomic mass is 32.2. The van der Waals surface area contributed by atoms with Crippen LogP contribution in [0.3, 0.4) is 0 Å². The number of nitrogens with zero attached hydrogens (tertiary/aromatic N) is 1. The number of aliphatic hydroxyl groups excluding tert-OH is 1. The molecular formula is C33H36N2O4S. The molecule has 0 aromatic heterocycles. The van der Waals surface area contributed by atoms with E-state index in [0.29, 0.717) is 19.4 Å². The van der Waals surface area contributed by atoms with E-state index in [2.05, 4.69) is 84.7 Å². The molecule has 0 saturated carbocycles. The normalized spacial score (nSPS) is 22.6. The summed E-state index contributed by atoms with van der Waals surface area (Å²) in [7, 11) is 0. The summed E-state index contributed by atoms with van der Waals surface area (Å²) < 4.78 is 4.98. The molecule has 4 atom stereocenters. The fraction of sp³-hybridized carbons (Fsp3) is 0.333. The molecule has 0 spiro atoms. The predicted octanol–water partition coefficient (Wildman–Crippen LogP) is 5.36. The number of carbonyl (C=O) groups is 2. The number of amides is 2. The maximum absolute atomic E-state index is 13.2. The zero-order valence-corrected chi connectivity index (χ0v) is 23.3. The summed E-state index contributed by atoms with van der Waals surface area (Å²) in [6.45, 7) is 4.25. The van der Waals surface area contributed by atoms with Crippen LogP contribution >= 0.6 is 11.8 Å². The summed E-state index contributed by atoms with van der Waals surface area (Å²) in [6.07, 6.45) is 3.03. The first kappa shape index (κ1) is 28.0. The van der Waals surface area contributed by atoms with Gasteiger partial charge in [0.15, 0.2) is 0 Å². The Labute approximate surface area is 240 Å². The first-order chi connectivity index (χ1) is 19.5. The number of carbonyl (C=O) groups excluding carboxylic acids is 2. The minimum Gasteiger partial charge on any atom is -0.445 e. The molecule has 2 aliphatic rings. The summed E-state index contributed by atoms with van der Waals surface area (Å²) in [5.74, 6) is -0.301. The van der Waals surface area contributed by atoms with Crippen LogP contribution in [0.4, 0.5) is 4.79 Å². The van der Waals surface area contributed by atoms with Crippen LogP contribution in [0.25, 0.3) is 0 Å². The molecule has 6 nitrogen and oxygen atoms in total. The Morgan fingerprint density at radius 1 is 0.975 bits per heavy atom. The van der Waals surface area contributed by atoms with Gasteiger partial charge in [-0.3, -0.25) is 4.79 Å². The van der Waals surface area contributed by atoms with Crippen LogP contribution in [-0.4, -0.2) is 59.1 Å². The monoisotopic (exact) mass is 556 g/mol. The van der Waals surface area contributed by atoms with Crippen molar-refractivity contribution in [2.45, 2.75) is 41.3 Å². The fourth-order valence-corrected chi connectivity index (χ4v) is 7.94. The van der Waals surface area contributed by atoms with Crippen molar-refractivity contribution in [3.05, 3.63) is 120 Å². The number of hydrogen-bond acceptors (Lipinski definition) is 5. The van der Waals surface area contributed by atoms with E-state index >= 15 is 0 Å². The van der Waals surface area contributed by atoms with Crippen molar-refractivity contribution >= 4 is 23.8 Å².